The van der Waals surface area contributed by atoms with Crippen molar-refractivity contribution in [3.8, 4) is 0 Å². The Morgan fingerprint density at radius 2 is 0.881 bits per heavy atom. The number of rotatable bonds is 9. The zero-order valence-corrected chi connectivity index (χ0v) is 52.3. The van der Waals surface area contributed by atoms with Crippen LogP contribution in [0.5, 0.6) is 0 Å². The lowest BCUT2D eigenvalue weighted by atomic mass is 10.1. The Morgan fingerprint density at radius 3 is 1.25 bits per heavy atom. The molecule has 3 aromatic rings. The second kappa shape index (κ2) is 42.0. The van der Waals surface area contributed by atoms with E-state index in [9.17, 15) is 30.0 Å². The summed E-state index contributed by atoms with van der Waals surface area (Å²) in [7, 11) is 18.9. The van der Waals surface area contributed by atoms with Crippen LogP contribution in [-0.2, 0) is 180 Å². The lowest BCUT2D eigenvalue weighted by Crippen LogP contribution is -2.14. The molecule has 0 N–H and O–H groups in total. The van der Waals surface area contributed by atoms with Crippen LogP contribution in [0.2, 0.25) is 0 Å². The summed E-state index contributed by atoms with van der Waals surface area (Å²) in [6.45, 7) is 0.388. The van der Waals surface area contributed by atoms with Gasteiger partial charge in [-0.1, -0.05) is 46.0 Å². The highest BCUT2D eigenvalue weighted by molar-refractivity contribution is 8.77. The first-order valence-electron chi connectivity index (χ1n) is 19.6. The third-order valence-electron chi connectivity index (χ3n) is 9.08. The second-order valence-electron chi connectivity index (χ2n) is 13.9. The van der Waals surface area contributed by atoms with Crippen molar-refractivity contribution in [1.29, 1.82) is 0 Å². The van der Waals surface area contributed by atoms with Gasteiger partial charge in [0, 0.05) is 171 Å². The van der Waals surface area contributed by atoms with Crippen molar-refractivity contribution < 1.29 is 34.2 Å². The first-order valence-corrected chi connectivity index (χ1v) is 45.8. The van der Waals surface area contributed by atoms with Gasteiger partial charge in [-0.3, -0.25) is 4.18 Å². The third kappa shape index (κ3) is 37.2. The number of benzene rings is 3. The van der Waals surface area contributed by atoms with Gasteiger partial charge in [0.2, 0.25) is 0 Å². The molecule has 5 nitrogen and oxygen atoms in total. The van der Waals surface area contributed by atoms with Crippen molar-refractivity contribution in [1.82, 2.24) is 0 Å². The summed E-state index contributed by atoms with van der Waals surface area (Å²) in [5.74, 6) is 2.30. The molecule has 29 heteroatoms. The molecular weight excluding hydrogens is 1270 g/mol. The maximum atomic E-state index is 12.7. The van der Waals surface area contributed by atoms with Gasteiger partial charge in [0.1, 0.15) is 17.5 Å². The van der Waals surface area contributed by atoms with Gasteiger partial charge in [-0.25, -0.2) is 21.6 Å². The minimum Gasteiger partial charge on any atom is -0.270 e. The minimum absolute atomic E-state index is 0. The summed E-state index contributed by atoms with van der Waals surface area (Å²) in [5, 5.41) is 0. The summed E-state index contributed by atoms with van der Waals surface area (Å²) >= 11 is 15.3. The van der Waals surface area contributed by atoms with E-state index in [4.69, 9.17) is 22.4 Å². The zero-order chi connectivity index (χ0) is 48.3. The van der Waals surface area contributed by atoms with E-state index >= 15 is 0 Å². The molecule has 3 aliphatic rings. The molecule has 3 aromatic carbocycles. The average molecular weight is 1320 g/mol. The highest BCUT2D eigenvalue weighted by Gasteiger charge is 2.24. The number of hydrogen-bond donors (Lipinski definition) is 1. The maximum Gasteiger partial charge on any atom is 0.264 e. The lowest BCUT2D eigenvalue weighted by molar-refractivity contribution is 0.259. The Balaban J connectivity index is 0.000000425. The van der Waals surface area contributed by atoms with Crippen molar-refractivity contribution in [2.45, 2.75) is 99.2 Å². The number of hydrogen-bond acceptors (Lipinski definition) is 9. The molecule has 0 aromatic heterocycles. The van der Waals surface area contributed by atoms with Crippen LogP contribution in [0.15, 0.2) is 87.5 Å². The van der Waals surface area contributed by atoms with Crippen molar-refractivity contribution in [3.63, 3.8) is 0 Å². The maximum absolute atomic E-state index is 12.7. The summed E-state index contributed by atoms with van der Waals surface area (Å²) in [6, 6.07) is 17.9. The molecule has 0 radical (unpaired) electrons. The number of thiol groups is 1. The summed E-state index contributed by atoms with van der Waals surface area (Å²) in [4.78, 5) is 2.21. The molecule has 0 heterocycles. The monoisotopic (exact) mass is 1320 g/mol. The van der Waals surface area contributed by atoms with E-state index in [0.29, 0.717) is 12.5 Å². The van der Waals surface area contributed by atoms with Gasteiger partial charge in [0.05, 0.1) is 23.5 Å². The van der Waals surface area contributed by atoms with E-state index in [1.54, 1.807) is 128 Å². The molecule has 3 saturated carbocycles. The molecule has 0 amide bonds. The van der Waals surface area contributed by atoms with Gasteiger partial charge < -0.3 is 0 Å². The van der Waals surface area contributed by atoms with Gasteiger partial charge in [0.25, 0.3) is 10.1 Å². The number of halogens is 3. The van der Waals surface area contributed by atoms with E-state index in [1.165, 1.54) is 115 Å². The predicted octanol–water partition coefficient (Wildman–Crippen LogP) is 10.8. The standard InChI is InChI=1S/C12H15FO2S.C12H15FS.C7H14O3S.C6H5FS.CH4.S17/c13-11-5-7-12(8-6-11)16(14,15)9-10-3-1-2-4-10;13-11-5-7-12(8-6-11)14-9-10-3-1-2-4-10;1-11(8,9)10-6-7-4-2-3-5-7;7-5-1-3-6(8)4-2-5;;1-3-5-7-9-11-13-15-17-16-14-12-10-8-6-4-2/h5-8,10H,1-4,9H2;5-8,10H,1-4,9H2;7H,2-6H2,1H3;1-4,8H;1H4;. The first kappa shape index (κ1) is 66.8. The lowest BCUT2D eigenvalue weighted by Gasteiger charge is -2.09. The SMILES string of the molecule is C.CS(=O)(=O)OCC1CCCC1.Fc1ccc(S)cc1.Fc1ccc(SCC2CCCC2)cc1.O=S(=O)(CC1CCCC1)c1ccc(F)cc1.S=S=S=S=S=S=S=S=S=S=S=S=S=S=S=S=S. The van der Waals surface area contributed by atoms with Crippen LogP contribution < -0.4 is 0 Å². The van der Waals surface area contributed by atoms with Gasteiger partial charge in [-0.05, 0) is 129 Å². The second-order valence-corrected chi connectivity index (χ2v) is 45.8. The Hall–Kier alpha value is 1.75. The van der Waals surface area contributed by atoms with Crippen LogP contribution in [0, 0.1) is 35.2 Å². The molecule has 0 saturated heterocycles. The first-order chi connectivity index (χ1) is 31.7. The van der Waals surface area contributed by atoms with Gasteiger partial charge in [0.15, 0.2) is 9.84 Å². The van der Waals surface area contributed by atoms with Crippen molar-refractivity contribution in [2.24, 2.45) is 17.8 Å². The van der Waals surface area contributed by atoms with E-state index in [2.05, 4.69) is 16.8 Å². The van der Waals surface area contributed by atoms with Crippen molar-refractivity contribution in [3.05, 3.63) is 90.2 Å². The molecule has 3 aliphatic carbocycles. The number of sulfone groups is 1. The average Bonchev–Trinajstić information content (AvgIpc) is 4.13. The summed E-state index contributed by atoms with van der Waals surface area (Å²) < 4.78 is 87.1. The molecular formula is C38H53F3O5S21. The molecule has 0 spiro atoms. The van der Waals surface area contributed by atoms with Crippen molar-refractivity contribution >= 4 is 200 Å². The van der Waals surface area contributed by atoms with Crippen LogP contribution in [0.3, 0.4) is 0 Å². The Bertz CT molecular complexity index is 2720. The molecule has 3 fully saturated rings. The molecule has 6 rings (SSSR count). The van der Waals surface area contributed by atoms with Crippen LogP contribution in [-0.4, -0.2) is 41.2 Å². The largest absolute Gasteiger partial charge is 0.270 e. The quantitative estimate of drug-likeness (QED) is 0.0983. The van der Waals surface area contributed by atoms with Gasteiger partial charge in [-0.15, -0.1) is 24.4 Å². The van der Waals surface area contributed by atoms with Crippen LogP contribution in [0.25, 0.3) is 0 Å². The Kier molecular flexibility index (Phi) is 41.9. The summed E-state index contributed by atoms with van der Waals surface area (Å²) in [5.41, 5.74) is 0. The topological polar surface area (TPSA) is 77.5 Å². The Labute approximate surface area is 459 Å². The molecule has 0 unspecified atom stereocenters. The highest BCUT2D eigenvalue weighted by Crippen LogP contribution is 2.31. The fraction of sp³-hybridized carbons (Fsp3) is 0.526. The fourth-order valence-corrected chi connectivity index (χ4v) is 45.2. The summed E-state index contributed by atoms with van der Waals surface area (Å²) in [6.07, 6.45) is 15.6. The van der Waals surface area contributed by atoms with Crippen LogP contribution >= 0.6 is 24.4 Å². The molecule has 0 aliphatic heterocycles. The van der Waals surface area contributed by atoms with E-state index < -0.39 is 25.8 Å². The molecule has 0 bridgehead atoms. The third-order valence-corrected chi connectivity index (χ3v) is 44.2. The van der Waals surface area contributed by atoms with Crippen LogP contribution in [0.4, 0.5) is 13.2 Å². The Morgan fingerprint density at radius 1 is 0.537 bits per heavy atom. The molecule has 0 atom stereocenters. The number of thioether (sulfide) groups is 1. The van der Waals surface area contributed by atoms with E-state index in [1.807, 2.05) is 23.9 Å². The van der Waals surface area contributed by atoms with E-state index in [-0.39, 0.29) is 35.6 Å². The van der Waals surface area contributed by atoms with Gasteiger partial charge >= 0.3 is 0 Å². The van der Waals surface area contributed by atoms with Crippen molar-refractivity contribution in [2.75, 3.05) is 24.4 Å². The highest BCUT2D eigenvalue weighted by atomic mass is 33.5. The zero-order valence-electron chi connectivity index (χ0n) is 35.1. The smallest absolute Gasteiger partial charge is 0.264 e. The molecule has 382 valence electrons. The van der Waals surface area contributed by atoms with E-state index in [0.717, 1.165) is 55.6 Å². The van der Waals surface area contributed by atoms with Gasteiger partial charge in [-0.2, -0.15) is 8.42 Å². The van der Waals surface area contributed by atoms with Crippen LogP contribution in [0.1, 0.15) is 84.5 Å². The fourth-order valence-electron chi connectivity index (χ4n) is 6.13. The predicted molar refractivity (Wildman–Crippen MR) is 328 cm³/mol. The normalized spacial score (nSPS) is 14.3. The molecule has 67 heavy (non-hydrogen) atoms. The minimum atomic E-state index is -3.23.